The molecule has 0 saturated carbocycles. The SMILES string of the molecule is CCSc1nnc2n(Cc3ccccc3)c(=O)c3c4c(sc3n12)CN(Cc1ccccc1)CC4. The molecule has 0 aliphatic carbocycles. The van der Waals surface area contributed by atoms with Gasteiger partial charge in [-0.2, -0.15) is 0 Å². The van der Waals surface area contributed by atoms with Crippen LogP contribution in [-0.2, 0) is 26.1 Å². The van der Waals surface area contributed by atoms with E-state index >= 15 is 0 Å². The Balaban J connectivity index is 1.49. The van der Waals surface area contributed by atoms with E-state index in [2.05, 4.69) is 68.9 Å². The molecule has 6 nitrogen and oxygen atoms in total. The molecule has 0 N–H and O–H groups in total. The molecule has 1 aliphatic heterocycles. The highest BCUT2D eigenvalue weighted by atomic mass is 32.2. The van der Waals surface area contributed by atoms with Crippen molar-refractivity contribution < 1.29 is 0 Å². The second-order valence-electron chi connectivity index (χ2n) is 8.56. The molecule has 0 bridgehead atoms. The molecule has 0 spiro atoms. The number of hydrogen-bond donors (Lipinski definition) is 0. The van der Waals surface area contributed by atoms with Gasteiger partial charge >= 0.3 is 0 Å². The number of fused-ring (bicyclic) bond motifs is 5. The molecular weight excluding hydrogens is 462 g/mol. The van der Waals surface area contributed by atoms with Crippen LogP contribution in [0.1, 0.15) is 28.5 Å². The smallest absolute Gasteiger partial charge is 0.264 e. The Morgan fingerprint density at radius 3 is 2.38 bits per heavy atom. The van der Waals surface area contributed by atoms with E-state index in [0.29, 0.717) is 12.3 Å². The summed E-state index contributed by atoms with van der Waals surface area (Å²) >= 11 is 3.40. The third-order valence-electron chi connectivity index (χ3n) is 6.34. The molecule has 0 unspecified atom stereocenters. The lowest BCUT2D eigenvalue weighted by molar-refractivity contribution is 0.249. The largest absolute Gasteiger partial charge is 0.294 e. The molecule has 34 heavy (non-hydrogen) atoms. The maximum Gasteiger partial charge on any atom is 0.264 e. The topological polar surface area (TPSA) is 55.4 Å². The van der Waals surface area contributed by atoms with Crippen molar-refractivity contribution in [2.75, 3.05) is 12.3 Å². The zero-order chi connectivity index (χ0) is 23.1. The molecule has 172 valence electrons. The van der Waals surface area contributed by atoms with Crippen LogP contribution in [0.5, 0.6) is 0 Å². The van der Waals surface area contributed by atoms with Crippen molar-refractivity contribution in [1.82, 2.24) is 24.1 Å². The molecule has 0 saturated heterocycles. The van der Waals surface area contributed by atoms with Crippen LogP contribution in [0.25, 0.3) is 16.0 Å². The molecule has 0 atom stereocenters. The van der Waals surface area contributed by atoms with Gasteiger partial charge in [-0.1, -0.05) is 79.3 Å². The van der Waals surface area contributed by atoms with Crippen molar-refractivity contribution in [3.8, 4) is 0 Å². The second kappa shape index (κ2) is 9.02. The summed E-state index contributed by atoms with van der Waals surface area (Å²) in [4.78, 5) is 18.6. The Morgan fingerprint density at radius 1 is 0.971 bits per heavy atom. The number of nitrogens with zero attached hydrogens (tertiary/aromatic N) is 5. The van der Waals surface area contributed by atoms with Crippen molar-refractivity contribution in [3.63, 3.8) is 0 Å². The average molecular weight is 488 g/mol. The fourth-order valence-electron chi connectivity index (χ4n) is 4.77. The highest BCUT2D eigenvalue weighted by Gasteiger charge is 2.27. The van der Waals surface area contributed by atoms with E-state index in [4.69, 9.17) is 0 Å². The van der Waals surface area contributed by atoms with E-state index < -0.39 is 0 Å². The van der Waals surface area contributed by atoms with Gasteiger partial charge in [0.15, 0.2) is 5.16 Å². The van der Waals surface area contributed by atoms with E-state index in [9.17, 15) is 4.79 Å². The van der Waals surface area contributed by atoms with Gasteiger partial charge in [0, 0.05) is 24.5 Å². The first kappa shape index (κ1) is 21.6. The minimum absolute atomic E-state index is 0.0424. The summed E-state index contributed by atoms with van der Waals surface area (Å²) in [5.41, 5.74) is 3.65. The van der Waals surface area contributed by atoms with Gasteiger partial charge in [0.25, 0.3) is 5.56 Å². The van der Waals surface area contributed by atoms with Gasteiger partial charge in [-0.3, -0.25) is 14.3 Å². The number of benzene rings is 2. The molecule has 1 aliphatic rings. The Morgan fingerprint density at radius 2 is 1.68 bits per heavy atom. The number of rotatable bonds is 6. The summed E-state index contributed by atoms with van der Waals surface area (Å²) in [5, 5.41) is 10.6. The molecule has 4 heterocycles. The maximum absolute atomic E-state index is 13.9. The zero-order valence-corrected chi connectivity index (χ0v) is 20.6. The van der Waals surface area contributed by atoms with Crippen molar-refractivity contribution in [2.45, 2.75) is 38.1 Å². The summed E-state index contributed by atoms with van der Waals surface area (Å²) in [6, 6.07) is 20.7. The van der Waals surface area contributed by atoms with Crippen molar-refractivity contribution in [2.24, 2.45) is 0 Å². The van der Waals surface area contributed by atoms with Gasteiger partial charge in [-0.25, -0.2) is 4.40 Å². The predicted octanol–water partition coefficient (Wildman–Crippen LogP) is 4.82. The normalized spacial score (nSPS) is 14.1. The van der Waals surface area contributed by atoms with E-state index in [-0.39, 0.29) is 5.56 Å². The van der Waals surface area contributed by atoms with Crippen LogP contribution >= 0.6 is 23.1 Å². The number of aromatic nitrogens is 4. The third kappa shape index (κ3) is 3.76. The molecule has 0 amide bonds. The fraction of sp³-hybridized carbons (Fsp3) is 0.269. The van der Waals surface area contributed by atoms with Gasteiger partial charge in [0.2, 0.25) is 5.78 Å². The summed E-state index contributed by atoms with van der Waals surface area (Å²) in [6.45, 7) is 5.33. The highest BCUT2D eigenvalue weighted by Crippen LogP contribution is 2.35. The summed E-state index contributed by atoms with van der Waals surface area (Å²) < 4.78 is 3.91. The first-order chi connectivity index (χ1) is 16.7. The maximum atomic E-state index is 13.9. The van der Waals surface area contributed by atoms with Crippen molar-refractivity contribution in [1.29, 1.82) is 0 Å². The molecule has 8 heteroatoms. The Kier molecular flexibility index (Phi) is 5.72. The van der Waals surface area contributed by atoms with Gasteiger partial charge in [-0.15, -0.1) is 21.5 Å². The average Bonchev–Trinajstić information content (AvgIpc) is 3.44. The third-order valence-corrected chi connectivity index (χ3v) is 8.36. The minimum atomic E-state index is 0.0424. The molecule has 5 aromatic rings. The standard InChI is InChI=1S/C26H25N5OS2/c1-2-33-26-28-27-25-30(16-19-11-7-4-8-12-19)23(32)22-20-13-14-29(15-18-9-5-3-6-10-18)17-21(20)34-24(22)31(25)26/h3-12H,2,13-17H2,1H3. The number of hydrogen-bond acceptors (Lipinski definition) is 6. The predicted molar refractivity (Wildman–Crippen MR) is 139 cm³/mol. The van der Waals surface area contributed by atoms with Crippen LogP contribution in [0.2, 0.25) is 0 Å². The summed E-state index contributed by atoms with van der Waals surface area (Å²) in [7, 11) is 0. The van der Waals surface area contributed by atoms with E-state index in [1.165, 1.54) is 16.0 Å². The number of thioether (sulfide) groups is 1. The van der Waals surface area contributed by atoms with Crippen molar-refractivity contribution >= 4 is 39.1 Å². The van der Waals surface area contributed by atoms with E-state index in [1.54, 1.807) is 27.7 Å². The van der Waals surface area contributed by atoms with E-state index in [1.807, 2.05) is 18.2 Å². The highest BCUT2D eigenvalue weighted by molar-refractivity contribution is 7.99. The van der Waals surface area contributed by atoms with Gasteiger partial charge in [-0.05, 0) is 28.9 Å². The quantitative estimate of drug-likeness (QED) is 0.321. The summed E-state index contributed by atoms with van der Waals surface area (Å²) in [5.74, 6) is 1.52. The van der Waals surface area contributed by atoms with Crippen molar-refractivity contribution in [3.05, 3.63) is 92.6 Å². The lowest BCUT2D eigenvalue weighted by Gasteiger charge is -2.26. The van der Waals surface area contributed by atoms with E-state index in [0.717, 1.165) is 52.7 Å². The lowest BCUT2D eigenvalue weighted by Crippen LogP contribution is -2.30. The van der Waals surface area contributed by atoms with Crippen LogP contribution in [0.15, 0.2) is 70.6 Å². The first-order valence-electron chi connectivity index (χ1n) is 11.6. The van der Waals surface area contributed by atoms with Crippen LogP contribution in [0, 0.1) is 0 Å². The molecule has 2 aromatic carbocycles. The fourth-order valence-corrected chi connectivity index (χ4v) is 6.86. The van der Waals surface area contributed by atoms with Crippen LogP contribution in [0.4, 0.5) is 0 Å². The Labute approximate surface area is 205 Å². The lowest BCUT2D eigenvalue weighted by atomic mass is 10.0. The monoisotopic (exact) mass is 487 g/mol. The Hall–Kier alpha value is -2.94. The minimum Gasteiger partial charge on any atom is -0.294 e. The molecule has 3 aromatic heterocycles. The number of thiophene rings is 1. The van der Waals surface area contributed by atoms with Crippen LogP contribution in [0.3, 0.4) is 0 Å². The zero-order valence-electron chi connectivity index (χ0n) is 19.0. The molecule has 0 radical (unpaired) electrons. The van der Waals surface area contributed by atoms with Gasteiger partial charge < -0.3 is 0 Å². The second-order valence-corrected chi connectivity index (χ2v) is 10.9. The van der Waals surface area contributed by atoms with Crippen LogP contribution in [-0.4, -0.2) is 36.4 Å². The first-order valence-corrected chi connectivity index (χ1v) is 13.4. The molecule has 0 fully saturated rings. The molecule has 6 rings (SSSR count). The van der Waals surface area contributed by atoms with Gasteiger partial charge in [0.1, 0.15) is 4.83 Å². The summed E-state index contributed by atoms with van der Waals surface area (Å²) in [6.07, 6.45) is 0.882. The molecular formula is C26H25N5OS2. The Bertz CT molecular complexity index is 1520. The van der Waals surface area contributed by atoms with Gasteiger partial charge in [0.05, 0.1) is 11.9 Å². The van der Waals surface area contributed by atoms with Crippen LogP contribution < -0.4 is 5.56 Å².